The highest BCUT2D eigenvalue weighted by Crippen LogP contribution is 2.10. The summed E-state index contributed by atoms with van der Waals surface area (Å²) in [5.41, 5.74) is 6.60. The molecule has 0 aliphatic heterocycles. The number of carbonyl (C=O) groups is 1. The minimum atomic E-state index is -3.22. The highest BCUT2D eigenvalue weighted by Gasteiger charge is 2.11. The molecule has 0 aliphatic rings. The molecule has 1 heterocycles. The second-order valence-electron chi connectivity index (χ2n) is 3.87. The van der Waals surface area contributed by atoms with E-state index in [9.17, 15) is 13.2 Å². The van der Waals surface area contributed by atoms with E-state index in [0.29, 0.717) is 17.9 Å². The molecule has 0 fully saturated rings. The van der Waals surface area contributed by atoms with E-state index in [1.807, 2.05) is 6.92 Å². The standard InChI is InChI=1S/C10H18N4O3S/c1-3-14-7-8(11)6-9(14)10(15)12-4-5-13-18(2,16)17/h6-7,13H,3-5,11H2,1-2H3,(H,12,15). The highest BCUT2D eigenvalue weighted by atomic mass is 32.2. The third-order valence-corrected chi connectivity index (χ3v) is 2.99. The molecule has 0 saturated heterocycles. The molecule has 1 aromatic heterocycles. The molecule has 18 heavy (non-hydrogen) atoms. The predicted octanol–water partition coefficient (Wildman–Crippen LogP) is -0.631. The van der Waals surface area contributed by atoms with E-state index in [1.165, 1.54) is 0 Å². The summed E-state index contributed by atoms with van der Waals surface area (Å²) in [4.78, 5) is 11.8. The van der Waals surface area contributed by atoms with Crippen molar-refractivity contribution in [3.05, 3.63) is 18.0 Å². The van der Waals surface area contributed by atoms with Crippen LogP contribution >= 0.6 is 0 Å². The smallest absolute Gasteiger partial charge is 0.268 e. The molecule has 1 amide bonds. The molecule has 1 rings (SSSR count). The van der Waals surface area contributed by atoms with Crippen LogP contribution in [0.5, 0.6) is 0 Å². The summed E-state index contributed by atoms with van der Waals surface area (Å²) in [6.45, 7) is 2.93. The number of rotatable bonds is 6. The molecular weight excluding hydrogens is 256 g/mol. The van der Waals surface area contributed by atoms with E-state index in [4.69, 9.17) is 5.73 Å². The average molecular weight is 274 g/mol. The maximum atomic E-state index is 11.8. The van der Waals surface area contributed by atoms with Crippen molar-refractivity contribution in [2.45, 2.75) is 13.5 Å². The molecule has 102 valence electrons. The number of aryl methyl sites for hydroxylation is 1. The molecule has 0 bridgehead atoms. The van der Waals surface area contributed by atoms with Crippen LogP contribution in [0.4, 0.5) is 5.69 Å². The van der Waals surface area contributed by atoms with Crippen molar-refractivity contribution in [3.63, 3.8) is 0 Å². The first-order valence-corrected chi connectivity index (χ1v) is 7.41. The van der Waals surface area contributed by atoms with Crippen molar-refractivity contribution in [3.8, 4) is 0 Å². The Hall–Kier alpha value is -1.54. The number of aromatic nitrogens is 1. The lowest BCUT2D eigenvalue weighted by Crippen LogP contribution is -2.34. The van der Waals surface area contributed by atoms with E-state index in [2.05, 4.69) is 10.0 Å². The monoisotopic (exact) mass is 274 g/mol. The average Bonchev–Trinajstić information content (AvgIpc) is 2.64. The van der Waals surface area contributed by atoms with E-state index >= 15 is 0 Å². The number of sulfonamides is 1. The molecule has 0 unspecified atom stereocenters. The summed E-state index contributed by atoms with van der Waals surface area (Å²) < 4.78 is 25.6. The van der Waals surface area contributed by atoms with Crippen LogP contribution in [0, 0.1) is 0 Å². The van der Waals surface area contributed by atoms with Gasteiger partial charge in [-0.3, -0.25) is 4.79 Å². The first-order chi connectivity index (χ1) is 8.33. The summed E-state index contributed by atoms with van der Waals surface area (Å²) in [5, 5.41) is 2.62. The Morgan fingerprint density at radius 1 is 1.44 bits per heavy atom. The van der Waals surface area contributed by atoms with E-state index in [-0.39, 0.29) is 19.0 Å². The quantitative estimate of drug-likeness (QED) is 0.600. The minimum Gasteiger partial charge on any atom is -0.397 e. The molecule has 1 aromatic rings. The van der Waals surface area contributed by atoms with Gasteiger partial charge in [-0.25, -0.2) is 13.1 Å². The zero-order valence-electron chi connectivity index (χ0n) is 10.4. The maximum Gasteiger partial charge on any atom is 0.268 e. The van der Waals surface area contributed by atoms with Gasteiger partial charge in [0, 0.05) is 25.8 Å². The molecule has 0 spiro atoms. The molecule has 0 radical (unpaired) electrons. The van der Waals surface area contributed by atoms with E-state index < -0.39 is 10.0 Å². The van der Waals surface area contributed by atoms with E-state index in [0.717, 1.165) is 6.26 Å². The Balaban J connectivity index is 2.50. The summed E-state index contributed by atoms with van der Waals surface area (Å²) in [7, 11) is -3.22. The van der Waals surface area contributed by atoms with Gasteiger partial charge >= 0.3 is 0 Å². The molecule has 0 saturated carbocycles. The number of nitrogens with one attached hydrogen (secondary N) is 2. The molecule has 4 N–H and O–H groups in total. The molecule has 0 aromatic carbocycles. The lowest BCUT2D eigenvalue weighted by atomic mass is 10.4. The zero-order chi connectivity index (χ0) is 13.8. The second kappa shape index (κ2) is 5.87. The number of nitrogens with two attached hydrogens (primary N) is 1. The minimum absolute atomic E-state index is 0.160. The van der Waals surface area contributed by atoms with Crippen LogP contribution in [0.25, 0.3) is 0 Å². The first-order valence-electron chi connectivity index (χ1n) is 5.52. The van der Waals surface area contributed by atoms with Gasteiger partial charge in [0.1, 0.15) is 5.69 Å². The predicted molar refractivity (Wildman–Crippen MR) is 69.7 cm³/mol. The largest absolute Gasteiger partial charge is 0.397 e. The van der Waals surface area contributed by atoms with Crippen molar-refractivity contribution in [2.75, 3.05) is 25.1 Å². The Morgan fingerprint density at radius 2 is 2.11 bits per heavy atom. The van der Waals surface area contributed by atoms with Gasteiger partial charge in [-0.15, -0.1) is 0 Å². The van der Waals surface area contributed by atoms with Crippen LogP contribution in [0.3, 0.4) is 0 Å². The van der Waals surface area contributed by atoms with Crippen LogP contribution in [-0.2, 0) is 16.6 Å². The molecule has 8 heteroatoms. The van der Waals surface area contributed by atoms with Crippen LogP contribution in [0.1, 0.15) is 17.4 Å². The van der Waals surface area contributed by atoms with Crippen LogP contribution in [0.15, 0.2) is 12.3 Å². The highest BCUT2D eigenvalue weighted by molar-refractivity contribution is 7.88. The lowest BCUT2D eigenvalue weighted by molar-refractivity contribution is 0.0945. The van der Waals surface area contributed by atoms with Gasteiger partial charge in [-0.1, -0.05) is 0 Å². The number of carbonyl (C=O) groups excluding carboxylic acids is 1. The van der Waals surface area contributed by atoms with Gasteiger partial charge in [0.05, 0.1) is 11.9 Å². The van der Waals surface area contributed by atoms with Gasteiger partial charge in [0.25, 0.3) is 5.91 Å². The summed E-state index contributed by atoms with van der Waals surface area (Å²) in [6.07, 6.45) is 2.75. The number of nitrogens with zero attached hydrogens (tertiary/aromatic N) is 1. The summed E-state index contributed by atoms with van der Waals surface area (Å²) in [5.74, 6) is -0.274. The molecule has 7 nitrogen and oxygen atoms in total. The summed E-state index contributed by atoms with van der Waals surface area (Å²) in [6, 6.07) is 1.59. The Bertz CT molecular complexity index is 521. The molecule has 0 aliphatic carbocycles. The number of hydrogen-bond acceptors (Lipinski definition) is 4. The molecule has 0 atom stereocenters. The van der Waals surface area contributed by atoms with Crippen molar-refractivity contribution in [1.82, 2.24) is 14.6 Å². The second-order valence-corrected chi connectivity index (χ2v) is 5.70. The Labute approximate surface area is 106 Å². The zero-order valence-corrected chi connectivity index (χ0v) is 11.3. The van der Waals surface area contributed by atoms with Crippen LogP contribution < -0.4 is 15.8 Å². The normalized spacial score (nSPS) is 11.4. The summed E-state index contributed by atoms with van der Waals surface area (Å²) >= 11 is 0. The van der Waals surface area contributed by atoms with Gasteiger partial charge in [0.15, 0.2) is 0 Å². The van der Waals surface area contributed by atoms with Crippen LogP contribution in [-0.4, -0.2) is 38.2 Å². The Kier molecular flexibility index (Phi) is 4.74. The van der Waals surface area contributed by atoms with Gasteiger partial charge < -0.3 is 15.6 Å². The lowest BCUT2D eigenvalue weighted by Gasteiger charge is -2.07. The number of anilines is 1. The number of nitrogen functional groups attached to an aromatic ring is 1. The number of amides is 1. The molecular formula is C10H18N4O3S. The van der Waals surface area contributed by atoms with Crippen molar-refractivity contribution in [1.29, 1.82) is 0 Å². The van der Waals surface area contributed by atoms with Gasteiger partial charge in [0.2, 0.25) is 10.0 Å². The maximum absolute atomic E-state index is 11.8. The number of hydrogen-bond donors (Lipinski definition) is 3. The first kappa shape index (κ1) is 14.5. The fourth-order valence-electron chi connectivity index (χ4n) is 1.49. The fourth-order valence-corrected chi connectivity index (χ4v) is 1.96. The van der Waals surface area contributed by atoms with E-state index in [1.54, 1.807) is 16.8 Å². The third-order valence-electron chi connectivity index (χ3n) is 2.27. The van der Waals surface area contributed by atoms with Crippen molar-refractivity contribution < 1.29 is 13.2 Å². The van der Waals surface area contributed by atoms with Gasteiger partial charge in [-0.2, -0.15) is 0 Å². The SMILES string of the molecule is CCn1cc(N)cc1C(=O)NCCNS(C)(=O)=O. The van der Waals surface area contributed by atoms with Crippen molar-refractivity contribution in [2.24, 2.45) is 0 Å². The fraction of sp³-hybridized carbons (Fsp3) is 0.500. The van der Waals surface area contributed by atoms with Crippen LogP contribution in [0.2, 0.25) is 0 Å². The topological polar surface area (TPSA) is 106 Å². The third kappa shape index (κ3) is 4.38. The Morgan fingerprint density at radius 3 is 2.67 bits per heavy atom. The van der Waals surface area contributed by atoms with Gasteiger partial charge in [-0.05, 0) is 13.0 Å². The van der Waals surface area contributed by atoms with Crippen molar-refractivity contribution >= 4 is 21.6 Å².